The number of nitrogens with zero attached hydrogens (tertiary/aromatic N) is 4. The molecule has 1 aliphatic heterocycles. The number of benzene rings is 1. The molecule has 1 saturated heterocycles. The predicted octanol–water partition coefficient (Wildman–Crippen LogP) is 7.71. The molecule has 1 saturated carbocycles. The van der Waals surface area contributed by atoms with Crippen LogP contribution in [0.4, 0.5) is 17.3 Å². The van der Waals surface area contributed by atoms with Crippen molar-refractivity contribution in [2.75, 3.05) is 36.5 Å². The van der Waals surface area contributed by atoms with E-state index in [4.69, 9.17) is 4.98 Å². The van der Waals surface area contributed by atoms with E-state index in [1.807, 2.05) is 43.6 Å². The Kier molecular flexibility index (Phi) is 9.74. The number of amides is 1. The van der Waals surface area contributed by atoms with E-state index in [2.05, 4.69) is 26.6 Å². The number of nitriles is 1. The number of piperidine rings is 1. The normalized spacial score (nSPS) is 16.4. The first-order valence-electron chi connectivity index (χ1n) is 14.4. The molecule has 3 heterocycles. The van der Waals surface area contributed by atoms with Crippen molar-refractivity contribution in [3.8, 4) is 16.6 Å². The molecule has 1 aliphatic carbocycles. The highest BCUT2D eigenvalue weighted by molar-refractivity contribution is 8.00. The molecule has 1 aromatic carbocycles. The van der Waals surface area contributed by atoms with E-state index in [0.717, 1.165) is 69.8 Å². The zero-order valence-corrected chi connectivity index (χ0v) is 25.1. The van der Waals surface area contributed by atoms with Crippen molar-refractivity contribution in [2.45, 2.75) is 74.8 Å². The number of rotatable bonds is 9. The smallest absolute Gasteiger partial charge is 0.227 e. The summed E-state index contributed by atoms with van der Waals surface area (Å²) >= 11 is 3.33. The maximum Gasteiger partial charge on any atom is 0.227 e. The van der Waals surface area contributed by atoms with E-state index in [1.165, 1.54) is 44.1 Å². The summed E-state index contributed by atoms with van der Waals surface area (Å²) in [6.07, 6.45) is 14.1. The second-order valence-corrected chi connectivity index (χ2v) is 12.9. The topological polar surface area (TPSA) is 93.9 Å². The highest BCUT2D eigenvalue weighted by atomic mass is 32.2. The van der Waals surface area contributed by atoms with Gasteiger partial charge in [0.15, 0.2) is 0 Å². The van der Waals surface area contributed by atoms with E-state index in [-0.39, 0.29) is 5.91 Å². The Hall–Kier alpha value is -2.93. The lowest BCUT2D eigenvalue weighted by Gasteiger charge is -2.25. The number of aromatic nitrogens is 2. The van der Waals surface area contributed by atoms with Crippen LogP contribution < -0.4 is 10.6 Å². The van der Waals surface area contributed by atoms with Gasteiger partial charge in [-0.1, -0.05) is 31.7 Å². The number of aryl methyl sites for hydroxylation is 1. The van der Waals surface area contributed by atoms with Gasteiger partial charge in [0.25, 0.3) is 0 Å². The molecule has 0 radical (unpaired) electrons. The van der Waals surface area contributed by atoms with Gasteiger partial charge in [-0.3, -0.25) is 4.79 Å². The number of thiophene rings is 1. The Bertz CT molecular complexity index is 1370. The molecule has 2 aromatic heterocycles. The molecule has 2 aliphatic rings. The first kappa shape index (κ1) is 28.6. The van der Waals surface area contributed by atoms with E-state index < -0.39 is 0 Å². The lowest BCUT2D eigenvalue weighted by Crippen LogP contribution is -2.32. The minimum atomic E-state index is 0.0300. The zero-order chi connectivity index (χ0) is 27.9. The third-order valence-electron chi connectivity index (χ3n) is 7.92. The Balaban J connectivity index is 1.34. The van der Waals surface area contributed by atoms with Gasteiger partial charge < -0.3 is 15.5 Å². The van der Waals surface area contributed by atoms with Crippen molar-refractivity contribution in [3.05, 3.63) is 47.2 Å². The van der Waals surface area contributed by atoms with Gasteiger partial charge >= 0.3 is 0 Å². The zero-order valence-electron chi connectivity index (χ0n) is 23.5. The summed E-state index contributed by atoms with van der Waals surface area (Å²) in [6.45, 7) is 5.03. The first-order valence-corrected chi connectivity index (χ1v) is 16.4. The Labute approximate surface area is 245 Å². The highest BCUT2D eigenvalue weighted by Crippen LogP contribution is 2.48. The predicted molar refractivity (Wildman–Crippen MR) is 166 cm³/mol. The molecule has 210 valence electrons. The van der Waals surface area contributed by atoms with E-state index in [0.29, 0.717) is 18.3 Å². The van der Waals surface area contributed by atoms with Gasteiger partial charge in [-0.05, 0) is 87.2 Å². The molecule has 2 N–H and O–H groups in total. The minimum absolute atomic E-state index is 0.0300. The summed E-state index contributed by atoms with van der Waals surface area (Å²) in [6, 6.07) is 10.2. The molecular weight excluding hydrogens is 537 g/mol. The van der Waals surface area contributed by atoms with Crippen molar-refractivity contribution in [3.63, 3.8) is 0 Å². The SMILES string of the molecule is CSc1sc(-c2nc(Nc3cccc(NC(=O)CCN4CCCCC4)c3)ncc2C)c(C2CCCCC2)c1C#N. The summed E-state index contributed by atoms with van der Waals surface area (Å²) in [5.74, 6) is 0.931. The second kappa shape index (κ2) is 13.6. The van der Waals surface area contributed by atoms with Crippen LogP contribution in [-0.4, -0.2) is 46.7 Å². The summed E-state index contributed by atoms with van der Waals surface area (Å²) in [7, 11) is 0. The molecule has 0 unspecified atom stereocenters. The lowest BCUT2D eigenvalue weighted by atomic mass is 9.82. The second-order valence-electron chi connectivity index (χ2n) is 10.8. The Morgan fingerprint density at radius 1 is 1.15 bits per heavy atom. The van der Waals surface area contributed by atoms with Crippen molar-refractivity contribution < 1.29 is 4.79 Å². The summed E-state index contributed by atoms with van der Waals surface area (Å²) in [5, 5.41) is 16.5. The average Bonchev–Trinajstić information content (AvgIpc) is 3.37. The van der Waals surface area contributed by atoms with Crippen LogP contribution in [0.1, 0.15) is 80.4 Å². The van der Waals surface area contributed by atoms with Crippen LogP contribution in [0.5, 0.6) is 0 Å². The van der Waals surface area contributed by atoms with E-state index in [9.17, 15) is 10.1 Å². The van der Waals surface area contributed by atoms with Crippen molar-refractivity contribution in [1.82, 2.24) is 14.9 Å². The molecule has 5 rings (SSSR count). The maximum absolute atomic E-state index is 12.6. The summed E-state index contributed by atoms with van der Waals surface area (Å²) < 4.78 is 1.06. The van der Waals surface area contributed by atoms with Gasteiger partial charge in [-0.15, -0.1) is 23.1 Å². The molecular formula is C31H38N6OS2. The molecule has 0 spiro atoms. The lowest BCUT2D eigenvalue weighted by molar-refractivity contribution is -0.116. The third kappa shape index (κ3) is 6.85. The number of hydrogen-bond donors (Lipinski definition) is 2. The van der Waals surface area contributed by atoms with Gasteiger partial charge in [0.2, 0.25) is 11.9 Å². The molecule has 0 bridgehead atoms. The van der Waals surface area contributed by atoms with Gasteiger partial charge in [0.05, 0.1) is 20.3 Å². The van der Waals surface area contributed by atoms with E-state index >= 15 is 0 Å². The quantitative estimate of drug-likeness (QED) is 0.253. The molecule has 2 fully saturated rings. The van der Waals surface area contributed by atoms with Gasteiger partial charge in [-0.25, -0.2) is 9.97 Å². The molecule has 7 nitrogen and oxygen atoms in total. The number of anilines is 3. The highest BCUT2D eigenvalue weighted by Gasteiger charge is 2.28. The van der Waals surface area contributed by atoms with Crippen LogP contribution in [0.15, 0.2) is 34.7 Å². The fourth-order valence-corrected chi connectivity index (χ4v) is 7.90. The fourth-order valence-electron chi connectivity index (χ4n) is 5.83. The van der Waals surface area contributed by atoms with Crippen molar-refractivity contribution in [2.24, 2.45) is 0 Å². The number of hydrogen-bond acceptors (Lipinski definition) is 8. The Morgan fingerprint density at radius 3 is 2.65 bits per heavy atom. The third-order valence-corrected chi connectivity index (χ3v) is 10.2. The number of nitrogens with one attached hydrogen (secondary N) is 2. The molecule has 40 heavy (non-hydrogen) atoms. The number of likely N-dealkylation sites (tertiary alicyclic amines) is 1. The fraction of sp³-hybridized carbons (Fsp3) is 0.484. The monoisotopic (exact) mass is 574 g/mol. The van der Waals surface area contributed by atoms with Crippen LogP contribution >= 0.6 is 23.1 Å². The van der Waals surface area contributed by atoms with Crippen LogP contribution in [0.2, 0.25) is 0 Å². The average molecular weight is 575 g/mol. The molecule has 0 atom stereocenters. The standard InChI is InChI=1S/C31H38N6OS2/c1-21-20-33-31(35-24-13-9-12-23(18-24)34-26(38)14-17-37-15-7-4-8-16-37)36-28(21)29-27(22-10-5-3-6-11-22)25(19-32)30(39-2)40-29/h9,12-13,18,20,22H,3-8,10-11,14-17H2,1-2H3,(H,34,38)(H,33,35,36). The first-order chi connectivity index (χ1) is 19.6. The van der Waals surface area contributed by atoms with Gasteiger partial charge in [-0.2, -0.15) is 5.26 Å². The number of carbonyl (C=O) groups is 1. The van der Waals surface area contributed by atoms with E-state index in [1.54, 1.807) is 23.1 Å². The van der Waals surface area contributed by atoms with Crippen LogP contribution in [-0.2, 0) is 4.79 Å². The van der Waals surface area contributed by atoms with Gasteiger partial charge in [0, 0.05) is 30.5 Å². The number of thioether (sulfide) groups is 1. The van der Waals surface area contributed by atoms with Crippen molar-refractivity contribution >= 4 is 46.3 Å². The summed E-state index contributed by atoms with van der Waals surface area (Å²) in [5.41, 5.74) is 5.46. The van der Waals surface area contributed by atoms with Gasteiger partial charge in [0.1, 0.15) is 6.07 Å². The maximum atomic E-state index is 12.6. The summed E-state index contributed by atoms with van der Waals surface area (Å²) in [4.78, 5) is 25.6. The molecule has 3 aromatic rings. The van der Waals surface area contributed by atoms with Crippen LogP contribution in [0, 0.1) is 18.3 Å². The van der Waals surface area contributed by atoms with Crippen LogP contribution in [0.3, 0.4) is 0 Å². The van der Waals surface area contributed by atoms with Crippen molar-refractivity contribution in [1.29, 1.82) is 5.26 Å². The molecule has 9 heteroatoms. The Morgan fingerprint density at radius 2 is 1.90 bits per heavy atom. The van der Waals surface area contributed by atoms with Crippen LogP contribution in [0.25, 0.3) is 10.6 Å². The largest absolute Gasteiger partial charge is 0.326 e. The molecule has 1 amide bonds. The number of carbonyl (C=O) groups excluding carboxylic acids is 1. The minimum Gasteiger partial charge on any atom is -0.326 e.